The van der Waals surface area contributed by atoms with Crippen LogP contribution in [0.3, 0.4) is 0 Å². The standard InChI is InChI=1S/C17H19ClO2/c1-11(2)13-4-6-14(7-5-13)20-15-8-9-16(12(3)19)17(18)10-15/h4-12,19H,1-3H3. The molecule has 0 heterocycles. The van der Waals surface area contributed by atoms with Crippen LogP contribution in [-0.4, -0.2) is 5.11 Å². The van der Waals surface area contributed by atoms with Gasteiger partial charge in [-0.1, -0.05) is 43.6 Å². The quantitative estimate of drug-likeness (QED) is 0.827. The van der Waals surface area contributed by atoms with Crippen molar-refractivity contribution in [3.8, 4) is 11.5 Å². The Kier molecular flexibility index (Phi) is 4.69. The molecular weight excluding hydrogens is 272 g/mol. The van der Waals surface area contributed by atoms with E-state index in [1.165, 1.54) is 5.56 Å². The van der Waals surface area contributed by atoms with Crippen molar-refractivity contribution in [1.29, 1.82) is 0 Å². The number of hydrogen-bond acceptors (Lipinski definition) is 2. The normalized spacial score (nSPS) is 12.5. The molecule has 0 aromatic heterocycles. The third-order valence-electron chi connectivity index (χ3n) is 3.20. The molecule has 20 heavy (non-hydrogen) atoms. The summed E-state index contributed by atoms with van der Waals surface area (Å²) in [4.78, 5) is 0. The van der Waals surface area contributed by atoms with Crippen molar-refractivity contribution >= 4 is 11.6 Å². The first-order valence-corrected chi connectivity index (χ1v) is 7.10. The summed E-state index contributed by atoms with van der Waals surface area (Å²) < 4.78 is 5.76. The highest BCUT2D eigenvalue weighted by Crippen LogP contribution is 2.30. The molecule has 0 aliphatic rings. The summed E-state index contributed by atoms with van der Waals surface area (Å²) >= 11 is 6.12. The maximum atomic E-state index is 9.54. The van der Waals surface area contributed by atoms with E-state index in [1.807, 2.05) is 18.2 Å². The first-order chi connectivity index (χ1) is 9.47. The highest BCUT2D eigenvalue weighted by Gasteiger charge is 2.08. The number of halogens is 1. The van der Waals surface area contributed by atoms with Gasteiger partial charge in [-0.3, -0.25) is 0 Å². The maximum absolute atomic E-state index is 9.54. The first-order valence-electron chi connectivity index (χ1n) is 6.72. The maximum Gasteiger partial charge on any atom is 0.128 e. The van der Waals surface area contributed by atoms with E-state index >= 15 is 0 Å². The minimum Gasteiger partial charge on any atom is -0.457 e. The smallest absolute Gasteiger partial charge is 0.128 e. The van der Waals surface area contributed by atoms with Crippen LogP contribution in [0.15, 0.2) is 42.5 Å². The van der Waals surface area contributed by atoms with Crippen molar-refractivity contribution in [3.63, 3.8) is 0 Å². The molecule has 0 fully saturated rings. The zero-order chi connectivity index (χ0) is 14.7. The van der Waals surface area contributed by atoms with E-state index in [1.54, 1.807) is 19.1 Å². The second kappa shape index (κ2) is 6.29. The molecule has 2 nitrogen and oxygen atoms in total. The molecule has 0 amide bonds. The van der Waals surface area contributed by atoms with Gasteiger partial charge < -0.3 is 9.84 Å². The average molecular weight is 291 g/mol. The van der Waals surface area contributed by atoms with Gasteiger partial charge in [-0.05, 0) is 48.2 Å². The Morgan fingerprint density at radius 3 is 2.05 bits per heavy atom. The molecule has 3 heteroatoms. The molecule has 0 radical (unpaired) electrons. The van der Waals surface area contributed by atoms with Gasteiger partial charge in [0.05, 0.1) is 11.1 Å². The third kappa shape index (κ3) is 3.53. The van der Waals surface area contributed by atoms with Crippen molar-refractivity contribution in [2.24, 2.45) is 0 Å². The van der Waals surface area contributed by atoms with Crippen LogP contribution in [0, 0.1) is 0 Å². The van der Waals surface area contributed by atoms with Gasteiger partial charge in [-0.25, -0.2) is 0 Å². The van der Waals surface area contributed by atoms with E-state index in [0.29, 0.717) is 22.3 Å². The summed E-state index contributed by atoms with van der Waals surface area (Å²) in [5.74, 6) is 1.94. The van der Waals surface area contributed by atoms with Crippen molar-refractivity contribution in [2.45, 2.75) is 32.8 Å². The molecule has 1 unspecified atom stereocenters. The zero-order valence-corrected chi connectivity index (χ0v) is 12.7. The van der Waals surface area contributed by atoms with Gasteiger partial charge in [0.15, 0.2) is 0 Å². The fourth-order valence-electron chi connectivity index (χ4n) is 1.97. The molecular formula is C17H19ClO2. The molecule has 0 saturated carbocycles. The Bertz CT molecular complexity index is 574. The van der Waals surface area contributed by atoms with Crippen molar-refractivity contribution in [1.82, 2.24) is 0 Å². The van der Waals surface area contributed by atoms with Crippen LogP contribution in [0.4, 0.5) is 0 Å². The van der Waals surface area contributed by atoms with Crippen LogP contribution in [0.2, 0.25) is 5.02 Å². The van der Waals surface area contributed by atoms with Crippen LogP contribution in [0.1, 0.15) is 43.9 Å². The fraction of sp³-hybridized carbons (Fsp3) is 0.294. The highest BCUT2D eigenvalue weighted by atomic mass is 35.5. The Morgan fingerprint density at radius 1 is 0.950 bits per heavy atom. The Morgan fingerprint density at radius 2 is 1.55 bits per heavy atom. The number of benzene rings is 2. The lowest BCUT2D eigenvalue weighted by Gasteiger charge is -2.11. The number of aliphatic hydroxyl groups is 1. The van der Waals surface area contributed by atoms with Crippen molar-refractivity contribution in [3.05, 3.63) is 58.6 Å². The number of aliphatic hydroxyl groups excluding tert-OH is 1. The lowest BCUT2D eigenvalue weighted by atomic mass is 10.0. The molecule has 0 bridgehead atoms. The molecule has 2 rings (SSSR count). The van der Waals surface area contributed by atoms with Gasteiger partial charge in [0.1, 0.15) is 11.5 Å². The van der Waals surface area contributed by atoms with E-state index in [2.05, 4.69) is 26.0 Å². The predicted molar refractivity (Wildman–Crippen MR) is 82.7 cm³/mol. The van der Waals surface area contributed by atoms with E-state index < -0.39 is 6.10 Å². The summed E-state index contributed by atoms with van der Waals surface area (Å²) in [5.41, 5.74) is 1.98. The second-order valence-corrected chi connectivity index (χ2v) is 5.59. The topological polar surface area (TPSA) is 29.5 Å². The van der Waals surface area contributed by atoms with Gasteiger partial charge in [0.2, 0.25) is 0 Å². The summed E-state index contributed by atoms with van der Waals surface area (Å²) in [6, 6.07) is 13.3. The molecule has 0 saturated heterocycles. The number of ether oxygens (including phenoxy) is 1. The van der Waals surface area contributed by atoms with Crippen LogP contribution < -0.4 is 4.74 Å². The van der Waals surface area contributed by atoms with Gasteiger partial charge in [0.25, 0.3) is 0 Å². The molecule has 2 aromatic rings. The summed E-state index contributed by atoms with van der Waals surface area (Å²) in [7, 11) is 0. The molecule has 0 aliphatic heterocycles. The van der Waals surface area contributed by atoms with Gasteiger partial charge in [-0.15, -0.1) is 0 Å². The van der Waals surface area contributed by atoms with Crippen LogP contribution in [0.25, 0.3) is 0 Å². The SMILES string of the molecule is CC(C)c1ccc(Oc2ccc(C(C)O)c(Cl)c2)cc1. The van der Waals surface area contributed by atoms with E-state index in [9.17, 15) is 5.11 Å². The summed E-state index contributed by atoms with van der Waals surface area (Å²) in [6.07, 6.45) is -0.582. The van der Waals surface area contributed by atoms with Gasteiger partial charge in [0, 0.05) is 0 Å². The van der Waals surface area contributed by atoms with Crippen LogP contribution in [-0.2, 0) is 0 Å². The fourth-order valence-corrected chi connectivity index (χ4v) is 2.30. The number of hydrogen-bond donors (Lipinski definition) is 1. The third-order valence-corrected chi connectivity index (χ3v) is 3.53. The predicted octanol–water partition coefficient (Wildman–Crippen LogP) is 5.31. The molecule has 0 aliphatic carbocycles. The van der Waals surface area contributed by atoms with E-state index in [4.69, 9.17) is 16.3 Å². The summed E-state index contributed by atoms with van der Waals surface area (Å²) in [6.45, 7) is 6.00. The second-order valence-electron chi connectivity index (χ2n) is 5.19. The Balaban J connectivity index is 2.15. The van der Waals surface area contributed by atoms with E-state index in [-0.39, 0.29) is 0 Å². The molecule has 1 N–H and O–H groups in total. The largest absolute Gasteiger partial charge is 0.457 e. The monoisotopic (exact) mass is 290 g/mol. The lowest BCUT2D eigenvalue weighted by molar-refractivity contribution is 0.199. The number of rotatable bonds is 4. The van der Waals surface area contributed by atoms with Crippen molar-refractivity contribution < 1.29 is 9.84 Å². The van der Waals surface area contributed by atoms with E-state index in [0.717, 1.165) is 5.75 Å². The minimum absolute atomic E-state index is 0.504. The molecule has 1 atom stereocenters. The van der Waals surface area contributed by atoms with Gasteiger partial charge >= 0.3 is 0 Å². The Hall–Kier alpha value is -1.51. The highest BCUT2D eigenvalue weighted by molar-refractivity contribution is 6.31. The Labute approximate surface area is 125 Å². The molecule has 0 spiro atoms. The first kappa shape index (κ1) is 14.9. The molecule has 106 valence electrons. The van der Waals surface area contributed by atoms with Crippen LogP contribution in [0.5, 0.6) is 11.5 Å². The van der Waals surface area contributed by atoms with Gasteiger partial charge in [-0.2, -0.15) is 0 Å². The van der Waals surface area contributed by atoms with Crippen LogP contribution >= 0.6 is 11.6 Å². The zero-order valence-electron chi connectivity index (χ0n) is 11.9. The summed E-state index contributed by atoms with van der Waals surface area (Å²) in [5, 5.41) is 10.1. The van der Waals surface area contributed by atoms with Crippen molar-refractivity contribution in [2.75, 3.05) is 0 Å². The molecule has 2 aromatic carbocycles. The average Bonchev–Trinajstić information content (AvgIpc) is 2.39. The lowest BCUT2D eigenvalue weighted by Crippen LogP contribution is -1.93. The minimum atomic E-state index is -0.582.